The molecule has 0 spiro atoms. The van der Waals surface area contributed by atoms with Crippen LogP contribution in [0.2, 0.25) is 0 Å². The van der Waals surface area contributed by atoms with Crippen molar-refractivity contribution < 1.29 is 9.67 Å². The molecule has 3 nitrogen and oxygen atoms in total. The van der Waals surface area contributed by atoms with Crippen molar-refractivity contribution in [3.8, 4) is 22.7 Å². The SMILES string of the molecule is CSc1[se]c(=O)c(-c2ccccc2)c(O)[n+]1-c1ccccc1. The first-order valence-electron chi connectivity index (χ1n) is 6.69. The van der Waals surface area contributed by atoms with Crippen molar-refractivity contribution in [1.29, 1.82) is 0 Å². The molecule has 0 aliphatic heterocycles. The molecule has 22 heavy (non-hydrogen) atoms. The van der Waals surface area contributed by atoms with E-state index in [9.17, 15) is 9.90 Å². The maximum absolute atomic E-state index is 12.5. The summed E-state index contributed by atoms with van der Waals surface area (Å²) in [5.74, 6) is 0.0138. The van der Waals surface area contributed by atoms with Gasteiger partial charge in [-0.05, 0) is 0 Å². The second-order valence-corrected chi connectivity index (χ2v) is 7.99. The predicted molar refractivity (Wildman–Crippen MR) is 90.1 cm³/mol. The Bertz CT molecular complexity index is 848. The Labute approximate surface area is 138 Å². The molecule has 1 aromatic heterocycles. The van der Waals surface area contributed by atoms with Crippen LogP contribution in [-0.4, -0.2) is 25.9 Å². The van der Waals surface area contributed by atoms with Crippen molar-refractivity contribution in [3.05, 3.63) is 69.8 Å². The van der Waals surface area contributed by atoms with Gasteiger partial charge in [0.15, 0.2) is 0 Å². The molecule has 0 saturated carbocycles. The Morgan fingerprint density at radius 1 is 1.00 bits per heavy atom. The Hall–Kier alpha value is -1.81. The van der Waals surface area contributed by atoms with E-state index < -0.39 is 0 Å². The van der Waals surface area contributed by atoms with Crippen LogP contribution in [0.1, 0.15) is 0 Å². The van der Waals surface area contributed by atoms with Gasteiger partial charge in [0.1, 0.15) is 0 Å². The summed E-state index contributed by atoms with van der Waals surface area (Å²) in [6, 6.07) is 19.0. The van der Waals surface area contributed by atoms with Crippen LogP contribution >= 0.6 is 11.8 Å². The molecule has 0 atom stereocenters. The fraction of sp³-hybridized carbons (Fsp3) is 0.0588. The molecule has 0 unspecified atom stereocenters. The van der Waals surface area contributed by atoms with E-state index in [4.69, 9.17) is 0 Å². The van der Waals surface area contributed by atoms with E-state index in [1.807, 2.05) is 66.9 Å². The van der Waals surface area contributed by atoms with Crippen LogP contribution in [0.3, 0.4) is 0 Å². The number of benzene rings is 2. The molecule has 1 N–H and O–H groups in total. The van der Waals surface area contributed by atoms with E-state index in [-0.39, 0.29) is 24.7 Å². The van der Waals surface area contributed by atoms with Crippen molar-refractivity contribution in [2.75, 3.05) is 6.26 Å². The van der Waals surface area contributed by atoms with E-state index in [1.165, 1.54) is 11.8 Å². The second-order valence-electron chi connectivity index (χ2n) is 4.60. The zero-order valence-corrected chi connectivity index (χ0v) is 14.4. The van der Waals surface area contributed by atoms with Gasteiger partial charge in [0, 0.05) is 0 Å². The van der Waals surface area contributed by atoms with E-state index in [2.05, 4.69) is 0 Å². The van der Waals surface area contributed by atoms with Crippen molar-refractivity contribution in [1.82, 2.24) is 0 Å². The number of aromatic nitrogens is 1. The number of thioether (sulfide) groups is 1. The van der Waals surface area contributed by atoms with Crippen LogP contribution in [0.25, 0.3) is 16.8 Å². The van der Waals surface area contributed by atoms with Gasteiger partial charge in [-0.25, -0.2) is 0 Å². The average molecular weight is 375 g/mol. The molecule has 0 aliphatic carbocycles. The van der Waals surface area contributed by atoms with Gasteiger partial charge >= 0.3 is 139 Å². The van der Waals surface area contributed by atoms with Crippen LogP contribution in [0.15, 0.2) is 69.4 Å². The van der Waals surface area contributed by atoms with Crippen LogP contribution in [0, 0.1) is 0 Å². The summed E-state index contributed by atoms with van der Waals surface area (Å²) in [4.78, 5) is 12.5. The molecule has 110 valence electrons. The minimum atomic E-state index is -0.341. The standard InChI is InChI=1S/C17H13NO2SSe/c1-21-17-18(13-10-6-3-7-11-13)15(19)14(16(20)22-17)12-8-4-2-5-9-12/h2-11H,1H3/p+1. The molecule has 3 rings (SSSR count). The van der Waals surface area contributed by atoms with Gasteiger partial charge in [-0.1, -0.05) is 0 Å². The van der Waals surface area contributed by atoms with Crippen LogP contribution in [0.5, 0.6) is 5.88 Å². The average Bonchev–Trinajstić information content (AvgIpc) is 2.56. The summed E-state index contributed by atoms with van der Waals surface area (Å²) in [5.41, 5.74) is 2.03. The van der Waals surface area contributed by atoms with Gasteiger partial charge in [-0.15, -0.1) is 0 Å². The van der Waals surface area contributed by atoms with Gasteiger partial charge in [-0.2, -0.15) is 0 Å². The van der Waals surface area contributed by atoms with Crippen LogP contribution in [-0.2, 0) is 0 Å². The first kappa shape index (κ1) is 15.1. The topological polar surface area (TPSA) is 41.2 Å². The monoisotopic (exact) mass is 376 g/mol. The summed E-state index contributed by atoms with van der Waals surface area (Å²) in [7, 11) is 0. The summed E-state index contributed by atoms with van der Waals surface area (Å²) in [5, 5.41) is 10.8. The molecule has 5 heteroatoms. The van der Waals surface area contributed by atoms with Crippen LogP contribution < -0.4 is 8.87 Å². The third-order valence-corrected chi connectivity index (χ3v) is 6.83. The van der Waals surface area contributed by atoms with Crippen molar-refractivity contribution >= 4 is 26.3 Å². The van der Waals surface area contributed by atoms with E-state index in [0.717, 1.165) is 15.2 Å². The number of nitrogens with zero attached hydrogens (tertiary/aromatic N) is 1. The Morgan fingerprint density at radius 2 is 1.59 bits per heavy atom. The third-order valence-electron chi connectivity index (χ3n) is 3.25. The molecule has 0 bridgehead atoms. The molecule has 0 fully saturated rings. The van der Waals surface area contributed by atoms with Gasteiger partial charge in [-0.3, -0.25) is 0 Å². The van der Waals surface area contributed by atoms with Gasteiger partial charge in [0.25, 0.3) is 0 Å². The van der Waals surface area contributed by atoms with Gasteiger partial charge < -0.3 is 0 Å². The first-order chi connectivity index (χ1) is 10.7. The zero-order valence-electron chi connectivity index (χ0n) is 11.9. The molecule has 0 radical (unpaired) electrons. The number of aromatic hydroxyl groups is 1. The maximum atomic E-state index is 12.5. The predicted octanol–water partition coefficient (Wildman–Crippen LogP) is 2.48. The molecule has 0 aliphatic rings. The molecule has 1 heterocycles. The molecule has 2 aromatic carbocycles. The van der Waals surface area contributed by atoms with Gasteiger partial charge in [0.2, 0.25) is 0 Å². The quantitative estimate of drug-likeness (QED) is 0.435. The summed E-state index contributed by atoms with van der Waals surface area (Å²) >= 11 is 1.17. The molecule has 0 saturated heterocycles. The second kappa shape index (κ2) is 6.53. The normalized spacial score (nSPS) is 10.6. The Balaban J connectivity index is 2.33. The molecule has 3 aromatic rings. The number of para-hydroxylation sites is 1. The number of hydrogen-bond acceptors (Lipinski definition) is 3. The first-order valence-corrected chi connectivity index (χ1v) is 9.63. The molecular weight excluding hydrogens is 361 g/mol. The summed E-state index contributed by atoms with van der Waals surface area (Å²) in [6.45, 7) is 0. The number of hydrogen-bond donors (Lipinski definition) is 1. The van der Waals surface area contributed by atoms with Crippen molar-refractivity contribution in [2.24, 2.45) is 0 Å². The zero-order chi connectivity index (χ0) is 15.5. The van der Waals surface area contributed by atoms with Crippen LogP contribution in [0.4, 0.5) is 0 Å². The fourth-order valence-electron chi connectivity index (χ4n) is 2.26. The fourth-order valence-corrected chi connectivity index (χ4v) is 5.21. The van der Waals surface area contributed by atoms with E-state index >= 15 is 0 Å². The molecular formula is C17H14NO2SSe+. The van der Waals surface area contributed by atoms with E-state index in [1.54, 1.807) is 4.57 Å². The van der Waals surface area contributed by atoms with Crippen molar-refractivity contribution in [2.45, 2.75) is 3.90 Å². The minimum absolute atomic E-state index is 0.00716. The van der Waals surface area contributed by atoms with Crippen molar-refractivity contribution in [3.63, 3.8) is 0 Å². The third kappa shape index (κ3) is 2.75. The summed E-state index contributed by atoms with van der Waals surface area (Å²) < 4.78 is 2.68. The number of rotatable bonds is 3. The van der Waals surface area contributed by atoms with Gasteiger partial charge in [0.05, 0.1) is 0 Å². The molecule has 0 amide bonds. The Morgan fingerprint density at radius 3 is 2.18 bits per heavy atom. The Kier molecular flexibility index (Phi) is 4.48. The van der Waals surface area contributed by atoms with E-state index in [0.29, 0.717) is 5.56 Å². The summed E-state index contributed by atoms with van der Waals surface area (Å²) in [6.07, 6.45) is 1.93.